The molecule has 33 heavy (non-hydrogen) atoms. The lowest BCUT2D eigenvalue weighted by atomic mass is 10.0. The third kappa shape index (κ3) is 4.51. The molecule has 1 heterocycles. The van der Waals surface area contributed by atoms with E-state index >= 15 is 0 Å². The maximum Gasteiger partial charge on any atom is 0.356 e. The normalized spacial score (nSPS) is 11.8. The molecule has 1 unspecified atom stereocenters. The van der Waals surface area contributed by atoms with Gasteiger partial charge in [-0.3, -0.25) is 0 Å². The number of fused-ring (bicyclic) bond motifs is 1. The molecular formula is C27H24FNO4. The largest absolute Gasteiger partial charge is 0.464 e. The number of halogens is 1. The predicted octanol–water partition coefficient (Wildman–Crippen LogP) is 5.93. The lowest BCUT2D eigenvalue weighted by molar-refractivity contribution is -0.146. The Morgan fingerprint density at radius 2 is 1.58 bits per heavy atom. The van der Waals surface area contributed by atoms with Crippen molar-refractivity contribution in [1.82, 2.24) is 4.57 Å². The van der Waals surface area contributed by atoms with Crippen LogP contribution in [0.15, 0.2) is 78.9 Å². The highest BCUT2D eigenvalue weighted by molar-refractivity contribution is 6.09. The van der Waals surface area contributed by atoms with Gasteiger partial charge in [0, 0.05) is 10.9 Å². The number of carbonyl (C=O) groups excluding carboxylic acids is 2. The van der Waals surface area contributed by atoms with Crippen molar-refractivity contribution in [3.05, 3.63) is 95.9 Å². The molecule has 0 aliphatic heterocycles. The number of hydrogen-bond donors (Lipinski definition) is 0. The van der Waals surface area contributed by atoms with Crippen LogP contribution in [0.3, 0.4) is 0 Å². The number of rotatable bonds is 7. The summed E-state index contributed by atoms with van der Waals surface area (Å²) in [6.07, 6.45) is 0. The van der Waals surface area contributed by atoms with Crippen LogP contribution in [0, 0.1) is 5.82 Å². The van der Waals surface area contributed by atoms with Crippen molar-refractivity contribution in [2.24, 2.45) is 0 Å². The first-order valence-electron chi connectivity index (χ1n) is 10.8. The molecule has 0 aliphatic carbocycles. The fourth-order valence-electron chi connectivity index (χ4n) is 3.93. The topological polar surface area (TPSA) is 57.5 Å². The third-order valence-electron chi connectivity index (χ3n) is 5.46. The Kier molecular flexibility index (Phi) is 6.54. The standard InChI is InChI=1S/C27H24FNO4/c1-3-32-26(30)18(2)29-23-12-8-7-11-22(23)24(20-13-15-21(28)16-14-20)25(29)27(31)33-17-19-9-5-4-6-10-19/h4-16,18H,3,17H2,1-2H3. The summed E-state index contributed by atoms with van der Waals surface area (Å²) >= 11 is 0. The van der Waals surface area contributed by atoms with Gasteiger partial charge in [-0.1, -0.05) is 60.7 Å². The molecule has 6 heteroatoms. The summed E-state index contributed by atoms with van der Waals surface area (Å²) in [5.41, 5.74) is 2.98. The Bertz CT molecular complexity index is 1280. The van der Waals surface area contributed by atoms with Crippen LogP contribution in [0.2, 0.25) is 0 Å². The lowest BCUT2D eigenvalue weighted by Crippen LogP contribution is -2.23. The zero-order valence-corrected chi connectivity index (χ0v) is 18.5. The van der Waals surface area contributed by atoms with E-state index in [0.717, 1.165) is 10.9 Å². The van der Waals surface area contributed by atoms with E-state index in [2.05, 4.69) is 0 Å². The van der Waals surface area contributed by atoms with Crippen molar-refractivity contribution in [3.8, 4) is 11.1 Å². The van der Waals surface area contributed by atoms with E-state index in [9.17, 15) is 14.0 Å². The smallest absolute Gasteiger partial charge is 0.356 e. The van der Waals surface area contributed by atoms with Crippen molar-refractivity contribution < 1.29 is 23.5 Å². The molecule has 0 N–H and O–H groups in total. The van der Waals surface area contributed by atoms with Crippen LogP contribution in [-0.2, 0) is 20.9 Å². The van der Waals surface area contributed by atoms with Gasteiger partial charge in [-0.25, -0.2) is 14.0 Å². The van der Waals surface area contributed by atoms with E-state index in [4.69, 9.17) is 9.47 Å². The van der Waals surface area contributed by atoms with Crippen molar-refractivity contribution in [2.45, 2.75) is 26.5 Å². The Morgan fingerprint density at radius 3 is 2.27 bits per heavy atom. The number of hydrogen-bond acceptors (Lipinski definition) is 4. The van der Waals surface area contributed by atoms with Gasteiger partial charge in [-0.2, -0.15) is 0 Å². The fraction of sp³-hybridized carbons (Fsp3) is 0.185. The van der Waals surface area contributed by atoms with Crippen molar-refractivity contribution in [1.29, 1.82) is 0 Å². The molecule has 3 aromatic carbocycles. The minimum atomic E-state index is -0.775. The summed E-state index contributed by atoms with van der Waals surface area (Å²) < 4.78 is 26.2. The molecule has 5 nitrogen and oxygen atoms in total. The second kappa shape index (κ2) is 9.69. The van der Waals surface area contributed by atoms with E-state index in [1.807, 2.05) is 54.6 Å². The molecule has 0 spiro atoms. The van der Waals surface area contributed by atoms with Crippen LogP contribution in [-0.4, -0.2) is 23.1 Å². The molecule has 4 aromatic rings. The molecule has 0 fully saturated rings. The summed E-state index contributed by atoms with van der Waals surface area (Å²) in [5.74, 6) is -1.41. The summed E-state index contributed by atoms with van der Waals surface area (Å²) in [5, 5.41) is 0.756. The second-order valence-electron chi connectivity index (χ2n) is 7.61. The van der Waals surface area contributed by atoms with Gasteiger partial charge >= 0.3 is 11.9 Å². The van der Waals surface area contributed by atoms with Gasteiger partial charge in [-0.05, 0) is 43.2 Å². The quantitative estimate of drug-likeness (QED) is 0.331. The number of para-hydroxylation sites is 1. The van der Waals surface area contributed by atoms with Gasteiger partial charge in [0.2, 0.25) is 0 Å². The molecule has 0 saturated heterocycles. The van der Waals surface area contributed by atoms with Gasteiger partial charge in [0.05, 0.1) is 12.1 Å². The number of aromatic nitrogens is 1. The minimum absolute atomic E-state index is 0.0812. The van der Waals surface area contributed by atoms with Crippen LogP contribution in [0.1, 0.15) is 35.9 Å². The first-order chi connectivity index (χ1) is 16.0. The Morgan fingerprint density at radius 1 is 0.909 bits per heavy atom. The molecule has 0 amide bonds. The van der Waals surface area contributed by atoms with Gasteiger partial charge in [-0.15, -0.1) is 0 Å². The lowest BCUT2D eigenvalue weighted by Gasteiger charge is -2.18. The van der Waals surface area contributed by atoms with Crippen LogP contribution >= 0.6 is 0 Å². The molecule has 1 aromatic heterocycles. The average molecular weight is 445 g/mol. The molecular weight excluding hydrogens is 421 g/mol. The fourth-order valence-corrected chi connectivity index (χ4v) is 3.93. The number of esters is 2. The van der Waals surface area contributed by atoms with E-state index in [0.29, 0.717) is 16.6 Å². The highest BCUT2D eigenvalue weighted by Crippen LogP contribution is 2.38. The van der Waals surface area contributed by atoms with Crippen LogP contribution in [0.25, 0.3) is 22.0 Å². The Hall–Kier alpha value is -3.93. The van der Waals surface area contributed by atoms with Crippen LogP contribution < -0.4 is 0 Å². The Balaban J connectivity index is 1.89. The highest BCUT2D eigenvalue weighted by atomic mass is 19.1. The van der Waals surface area contributed by atoms with Crippen LogP contribution in [0.5, 0.6) is 0 Å². The molecule has 1 atom stereocenters. The number of ether oxygens (including phenoxy) is 2. The molecule has 4 rings (SSSR count). The molecule has 168 valence electrons. The van der Waals surface area contributed by atoms with Gasteiger partial charge in [0.25, 0.3) is 0 Å². The molecule has 0 aliphatic rings. The van der Waals surface area contributed by atoms with E-state index in [1.165, 1.54) is 12.1 Å². The highest BCUT2D eigenvalue weighted by Gasteiger charge is 2.30. The maximum atomic E-state index is 13.6. The van der Waals surface area contributed by atoms with Crippen molar-refractivity contribution in [3.63, 3.8) is 0 Å². The monoisotopic (exact) mass is 445 g/mol. The number of carbonyl (C=O) groups is 2. The van der Waals surface area contributed by atoms with E-state index in [-0.39, 0.29) is 24.7 Å². The summed E-state index contributed by atoms with van der Waals surface area (Å²) in [7, 11) is 0. The van der Waals surface area contributed by atoms with E-state index < -0.39 is 18.0 Å². The first-order valence-corrected chi connectivity index (χ1v) is 10.8. The van der Waals surface area contributed by atoms with Crippen molar-refractivity contribution >= 4 is 22.8 Å². The summed E-state index contributed by atoms with van der Waals surface area (Å²) in [4.78, 5) is 26.2. The number of benzene rings is 3. The van der Waals surface area contributed by atoms with Gasteiger partial charge in [0.1, 0.15) is 24.2 Å². The van der Waals surface area contributed by atoms with Gasteiger partial charge < -0.3 is 14.0 Å². The summed E-state index contributed by atoms with van der Waals surface area (Å²) in [6.45, 7) is 3.73. The van der Waals surface area contributed by atoms with Crippen molar-refractivity contribution in [2.75, 3.05) is 6.61 Å². The zero-order valence-electron chi connectivity index (χ0n) is 18.5. The number of nitrogens with zero attached hydrogens (tertiary/aromatic N) is 1. The van der Waals surface area contributed by atoms with Gasteiger partial charge in [0.15, 0.2) is 0 Å². The van der Waals surface area contributed by atoms with E-state index in [1.54, 1.807) is 30.5 Å². The minimum Gasteiger partial charge on any atom is -0.464 e. The Labute approximate surface area is 191 Å². The average Bonchev–Trinajstić information content (AvgIpc) is 3.18. The first kappa shape index (κ1) is 22.3. The maximum absolute atomic E-state index is 13.6. The molecule has 0 saturated carbocycles. The zero-order chi connectivity index (χ0) is 23.4. The van der Waals surface area contributed by atoms with Crippen LogP contribution in [0.4, 0.5) is 4.39 Å². The summed E-state index contributed by atoms with van der Waals surface area (Å²) in [6, 6.07) is 21.9. The molecule has 0 radical (unpaired) electrons. The third-order valence-corrected chi connectivity index (χ3v) is 5.46. The predicted molar refractivity (Wildman–Crippen MR) is 124 cm³/mol. The second-order valence-corrected chi connectivity index (χ2v) is 7.61. The SMILES string of the molecule is CCOC(=O)C(C)n1c(C(=O)OCc2ccccc2)c(-c2ccc(F)cc2)c2ccccc21. The molecule has 0 bridgehead atoms.